The monoisotopic (exact) mass is 247 g/mol. The van der Waals surface area contributed by atoms with Gasteiger partial charge in [0.05, 0.1) is 6.54 Å². The minimum Gasteiger partial charge on any atom is -0.373 e. The predicted molar refractivity (Wildman–Crippen MR) is 69.3 cm³/mol. The van der Waals surface area contributed by atoms with Crippen molar-refractivity contribution in [2.24, 2.45) is 0 Å². The summed E-state index contributed by atoms with van der Waals surface area (Å²) in [4.78, 5) is 23.1. The minimum atomic E-state index is -0.281. The van der Waals surface area contributed by atoms with Gasteiger partial charge in [0.25, 0.3) is 0 Å². The average molecular weight is 247 g/mol. The smallest absolute Gasteiger partial charge is 0.243 e. The van der Waals surface area contributed by atoms with E-state index in [2.05, 4.69) is 16.0 Å². The summed E-state index contributed by atoms with van der Waals surface area (Å²) in [5.41, 5.74) is 2.13. The van der Waals surface area contributed by atoms with Crippen LogP contribution in [0.3, 0.4) is 0 Å². The van der Waals surface area contributed by atoms with Crippen molar-refractivity contribution >= 4 is 17.5 Å². The molecule has 0 radical (unpaired) electrons. The fourth-order valence-corrected chi connectivity index (χ4v) is 2.01. The average Bonchev–Trinajstić information content (AvgIpc) is 2.80. The predicted octanol–water partition coefficient (Wildman–Crippen LogP) is 0.276. The van der Waals surface area contributed by atoms with Crippen LogP contribution in [-0.2, 0) is 16.0 Å². The Morgan fingerprint density at radius 1 is 1.33 bits per heavy atom. The van der Waals surface area contributed by atoms with Gasteiger partial charge in [-0.3, -0.25) is 9.59 Å². The van der Waals surface area contributed by atoms with Gasteiger partial charge in [0.1, 0.15) is 6.04 Å². The first-order valence-electron chi connectivity index (χ1n) is 6.09. The van der Waals surface area contributed by atoms with E-state index in [9.17, 15) is 9.59 Å². The second kappa shape index (κ2) is 5.53. The SMILES string of the molecule is CCNC(=O)CNC(=O)[C@@H]1Cc2ccccc2N1. The molecule has 1 aliphatic heterocycles. The summed E-state index contributed by atoms with van der Waals surface area (Å²) in [5.74, 6) is -0.307. The Morgan fingerprint density at radius 2 is 2.11 bits per heavy atom. The Morgan fingerprint density at radius 3 is 2.83 bits per heavy atom. The molecule has 5 nitrogen and oxygen atoms in total. The van der Waals surface area contributed by atoms with Crippen molar-refractivity contribution in [3.8, 4) is 0 Å². The van der Waals surface area contributed by atoms with E-state index in [1.165, 1.54) is 0 Å². The van der Waals surface area contributed by atoms with Gasteiger partial charge >= 0.3 is 0 Å². The van der Waals surface area contributed by atoms with E-state index in [0.29, 0.717) is 13.0 Å². The molecule has 1 aliphatic rings. The molecule has 1 aromatic rings. The highest BCUT2D eigenvalue weighted by atomic mass is 16.2. The topological polar surface area (TPSA) is 70.2 Å². The third kappa shape index (κ3) is 2.80. The fraction of sp³-hybridized carbons (Fsp3) is 0.385. The number of hydrogen-bond donors (Lipinski definition) is 3. The van der Waals surface area contributed by atoms with Gasteiger partial charge in [-0.2, -0.15) is 0 Å². The number of carbonyl (C=O) groups excluding carboxylic acids is 2. The molecule has 2 rings (SSSR count). The van der Waals surface area contributed by atoms with Gasteiger partial charge in [-0.25, -0.2) is 0 Å². The number of hydrogen-bond acceptors (Lipinski definition) is 3. The number of fused-ring (bicyclic) bond motifs is 1. The number of likely N-dealkylation sites (N-methyl/N-ethyl adjacent to an activating group) is 1. The number of nitrogens with one attached hydrogen (secondary N) is 3. The van der Waals surface area contributed by atoms with Crippen LogP contribution in [0, 0.1) is 0 Å². The Balaban J connectivity index is 1.84. The lowest BCUT2D eigenvalue weighted by molar-refractivity contribution is -0.126. The fourth-order valence-electron chi connectivity index (χ4n) is 2.01. The van der Waals surface area contributed by atoms with Crippen LogP contribution in [-0.4, -0.2) is 30.9 Å². The van der Waals surface area contributed by atoms with Crippen LogP contribution in [0.2, 0.25) is 0 Å². The summed E-state index contributed by atoms with van der Waals surface area (Å²) in [7, 11) is 0. The van der Waals surface area contributed by atoms with Gasteiger partial charge in [-0.1, -0.05) is 18.2 Å². The zero-order valence-electron chi connectivity index (χ0n) is 10.3. The molecular formula is C13H17N3O2. The number of anilines is 1. The van der Waals surface area contributed by atoms with Crippen molar-refractivity contribution in [3.05, 3.63) is 29.8 Å². The first-order valence-corrected chi connectivity index (χ1v) is 6.09. The highest BCUT2D eigenvalue weighted by Gasteiger charge is 2.26. The molecule has 1 atom stereocenters. The molecule has 96 valence electrons. The molecule has 0 saturated carbocycles. The summed E-state index contributed by atoms with van der Waals surface area (Å²) >= 11 is 0. The molecular weight excluding hydrogens is 230 g/mol. The van der Waals surface area contributed by atoms with Gasteiger partial charge < -0.3 is 16.0 Å². The zero-order chi connectivity index (χ0) is 13.0. The molecule has 0 bridgehead atoms. The number of amides is 2. The summed E-state index contributed by atoms with van der Waals surface area (Å²) in [6, 6.07) is 7.55. The first-order chi connectivity index (χ1) is 8.70. The van der Waals surface area contributed by atoms with Crippen LogP contribution < -0.4 is 16.0 Å². The lowest BCUT2D eigenvalue weighted by Crippen LogP contribution is -2.43. The van der Waals surface area contributed by atoms with E-state index in [0.717, 1.165) is 11.3 Å². The second-order valence-electron chi connectivity index (χ2n) is 4.23. The molecule has 2 amide bonds. The lowest BCUT2D eigenvalue weighted by atomic mass is 10.1. The van der Waals surface area contributed by atoms with Gasteiger partial charge in [0.15, 0.2) is 0 Å². The largest absolute Gasteiger partial charge is 0.373 e. The van der Waals surface area contributed by atoms with Crippen LogP contribution >= 0.6 is 0 Å². The molecule has 0 aromatic heterocycles. The van der Waals surface area contributed by atoms with Gasteiger partial charge in [-0.05, 0) is 18.6 Å². The maximum atomic E-state index is 11.9. The molecule has 3 N–H and O–H groups in total. The van der Waals surface area contributed by atoms with Crippen molar-refractivity contribution in [2.45, 2.75) is 19.4 Å². The Hall–Kier alpha value is -2.04. The highest BCUT2D eigenvalue weighted by Crippen LogP contribution is 2.24. The third-order valence-corrected chi connectivity index (χ3v) is 2.88. The van der Waals surface area contributed by atoms with Crippen molar-refractivity contribution in [1.29, 1.82) is 0 Å². The van der Waals surface area contributed by atoms with E-state index in [4.69, 9.17) is 0 Å². The molecule has 18 heavy (non-hydrogen) atoms. The standard InChI is InChI=1S/C13H17N3O2/c1-2-14-12(17)8-15-13(18)11-7-9-5-3-4-6-10(9)16-11/h3-6,11,16H,2,7-8H2,1H3,(H,14,17)(H,15,18)/t11-/m0/s1. The molecule has 0 spiro atoms. The van der Waals surface area contributed by atoms with E-state index in [-0.39, 0.29) is 24.4 Å². The number of benzene rings is 1. The van der Waals surface area contributed by atoms with Crippen molar-refractivity contribution in [3.63, 3.8) is 0 Å². The van der Waals surface area contributed by atoms with Gasteiger partial charge in [0, 0.05) is 18.7 Å². The Kier molecular flexibility index (Phi) is 3.82. The number of rotatable bonds is 4. The normalized spacial score (nSPS) is 16.6. The van der Waals surface area contributed by atoms with Crippen molar-refractivity contribution < 1.29 is 9.59 Å². The summed E-state index contributed by atoms with van der Waals surface area (Å²) < 4.78 is 0. The molecule has 0 saturated heterocycles. The molecule has 0 aliphatic carbocycles. The van der Waals surface area contributed by atoms with Crippen LogP contribution in [0.5, 0.6) is 0 Å². The number of carbonyl (C=O) groups is 2. The molecule has 1 aromatic carbocycles. The summed E-state index contributed by atoms with van der Waals surface area (Å²) in [6.07, 6.45) is 0.664. The minimum absolute atomic E-state index is 0.0290. The number of para-hydroxylation sites is 1. The van der Waals surface area contributed by atoms with E-state index in [1.54, 1.807) is 0 Å². The van der Waals surface area contributed by atoms with E-state index < -0.39 is 0 Å². The second-order valence-corrected chi connectivity index (χ2v) is 4.23. The molecule has 0 unspecified atom stereocenters. The van der Waals surface area contributed by atoms with Crippen molar-refractivity contribution in [1.82, 2.24) is 10.6 Å². The highest BCUT2D eigenvalue weighted by molar-refractivity contribution is 5.90. The first kappa shape index (κ1) is 12.4. The Labute approximate surface area is 106 Å². The molecule has 5 heteroatoms. The maximum Gasteiger partial charge on any atom is 0.243 e. The summed E-state index contributed by atoms with van der Waals surface area (Å²) in [6.45, 7) is 2.44. The summed E-state index contributed by atoms with van der Waals surface area (Å²) in [5, 5.41) is 8.41. The van der Waals surface area contributed by atoms with E-state index in [1.807, 2.05) is 31.2 Å². The third-order valence-electron chi connectivity index (χ3n) is 2.88. The molecule has 0 fully saturated rings. The van der Waals surface area contributed by atoms with Crippen LogP contribution in [0.4, 0.5) is 5.69 Å². The zero-order valence-corrected chi connectivity index (χ0v) is 10.3. The van der Waals surface area contributed by atoms with Crippen molar-refractivity contribution in [2.75, 3.05) is 18.4 Å². The van der Waals surface area contributed by atoms with Gasteiger partial charge in [0.2, 0.25) is 11.8 Å². The lowest BCUT2D eigenvalue weighted by Gasteiger charge is -2.11. The van der Waals surface area contributed by atoms with Crippen LogP contribution in [0.25, 0.3) is 0 Å². The van der Waals surface area contributed by atoms with Gasteiger partial charge in [-0.15, -0.1) is 0 Å². The van der Waals surface area contributed by atoms with E-state index >= 15 is 0 Å². The quantitative estimate of drug-likeness (QED) is 0.715. The Bertz CT molecular complexity index is 434. The molecule has 1 heterocycles. The van der Waals surface area contributed by atoms with Crippen LogP contribution in [0.1, 0.15) is 12.5 Å². The maximum absolute atomic E-state index is 11.9. The van der Waals surface area contributed by atoms with Crippen LogP contribution in [0.15, 0.2) is 24.3 Å².